The van der Waals surface area contributed by atoms with Crippen molar-refractivity contribution in [2.45, 2.75) is 6.42 Å². The molecule has 0 bridgehead atoms. The third kappa shape index (κ3) is 3.33. The van der Waals surface area contributed by atoms with Crippen molar-refractivity contribution in [2.75, 3.05) is 11.9 Å². The van der Waals surface area contributed by atoms with Crippen LogP contribution in [-0.2, 0) is 6.42 Å². The van der Waals surface area contributed by atoms with Gasteiger partial charge >= 0.3 is 0 Å². The van der Waals surface area contributed by atoms with E-state index < -0.39 is 0 Å². The van der Waals surface area contributed by atoms with Gasteiger partial charge in [-0.15, -0.1) is 0 Å². The highest BCUT2D eigenvalue weighted by atomic mass is 16.3. The lowest BCUT2D eigenvalue weighted by molar-refractivity contribution is 0.102. The lowest BCUT2D eigenvalue weighted by Crippen LogP contribution is -2.12. The number of nitrogens with one attached hydrogen (secondary N) is 1. The van der Waals surface area contributed by atoms with Crippen LogP contribution in [-0.4, -0.2) is 17.6 Å². The van der Waals surface area contributed by atoms with E-state index in [0.717, 1.165) is 12.0 Å². The highest BCUT2D eigenvalue weighted by Gasteiger charge is 2.09. The predicted molar refractivity (Wildman–Crippen MR) is 75.3 cm³/mol. The van der Waals surface area contributed by atoms with Crippen molar-refractivity contribution in [2.24, 2.45) is 5.73 Å². The average molecular weight is 256 g/mol. The molecule has 0 spiro atoms. The molecule has 0 atom stereocenters. The van der Waals surface area contributed by atoms with Gasteiger partial charge in [0.25, 0.3) is 5.91 Å². The van der Waals surface area contributed by atoms with E-state index in [-0.39, 0.29) is 17.2 Å². The Hall–Kier alpha value is -2.33. The van der Waals surface area contributed by atoms with Crippen LogP contribution in [0.15, 0.2) is 48.5 Å². The first-order chi connectivity index (χ1) is 9.20. The minimum absolute atomic E-state index is 0.0280. The molecule has 0 aromatic heterocycles. The van der Waals surface area contributed by atoms with Crippen LogP contribution in [0.4, 0.5) is 5.69 Å². The zero-order valence-electron chi connectivity index (χ0n) is 10.5. The fourth-order valence-corrected chi connectivity index (χ4v) is 1.79. The van der Waals surface area contributed by atoms with Crippen molar-refractivity contribution >= 4 is 11.6 Å². The number of aromatic hydroxyl groups is 1. The van der Waals surface area contributed by atoms with E-state index in [9.17, 15) is 9.90 Å². The van der Waals surface area contributed by atoms with Crippen molar-refractivity contribution in [1.29, 1.82) is 0 Å². The summed E-state index contributed by atoms with van der Waals surface area (Å²) < 4.78 is 0. The quantitative estimate of drug-likeness (QED) is 0.784. The Balaban J connectivity index is 2.09. The van der Waals surface area contributed by atoms with Crippen molar-refractivity contribution in [3.8, 4) is 5.75 Å². The number of hydrogen-bond donors (Lipinski definition) is 3. The maximum Gasteiger partial charge on any atom is 0.259 e. The van der Waals surface area contributed by atoms with Gasteiger partial charge in [-0.1, -0.05) is 24.3 Å². The molecular weight excluding hydrogens is 240 g/mol. The largest absolute Gasteiger partial charge is 0.507 e. The smallest absolute Gasteiger partial charge is 0.259 e. The fourth-order valence-electron chi connectivity index (χ4n) is 1.79. The number of carbonyl (C=O) groups excluding carboxylic acids is 1. The van der Waals surface area contributed by atoms with Gasteiger partial charge in [0.1, 0.15) is 5.75 Å². The Morgan fingerprint density at radius 2 is 1.79 bits per heavy atom. The van der Waals surface area contributed by atoms with Gasteiger partial charge in [-0.2, -0.15) is 0 Å². The molecule has 0 aliphatic heterocycles. The summed E-state index contributed by atoms with van der Waals surface area (Å²) in [6, 6.07) is 13.9. The van der Waals surface area contributed by atoms with Gasteiger partial charge in [0.15, 0.2) is 0 Å². The third-order valence-corrected chi connectivity index (χ3v) is 2.79. The topological polar surface area (TPSA) is 75.3 Å². The standard InChI is InChI=1S/C15H16N2O2/c16-10-9-11-5-7-12(8-6-11)17-15(19)13-3-1-2-4-14(13)18/h1-8,18H,9-10,16H2,(H,17,19). The van der Waals surface area contributed by atoms with Crippen LogP contribution in [0.3, 0.4) is 0 Å². The van der Waals surface area contributed by atoms with E-state index in [0.29, 0.717) is 12.2 Å². The first-order valence-electron chi connectivity index (χ1n) is 6.09. The Morgan fingerprint density at radius 1 is 1.11 bits per heavy atom. The van der Waals surface area contributed by atoms with Gasteiger partial charge in [0, 0.05) is 5.69 Å². The molecule has 4 N–H and O–H groups in total. The number of rotatable bonds is 4. The van der Waals surface area contributed by atoms with Crippen LogP contribution in [0.2, 0.25) is 0 Å². The molecule has 0 saturated carbocycles. The molecule has 0 heterocycles. The zero-order chi connectivity index (χ0) is 13.7. The number of phenolic OH excluding ortho intramolecular Hbond substituents is 1. The van der Waals surface area contributed by atoms with E-state index in [1.54, 1.807) is 18.2 Å². The molecule has 98 valence electrons. The molecule has 1 amide bonds. The molecule has 2 aromatic rings. The molecule has 2 aromatic carbocycles. The molecular formula is C15H16N2O2. The molecule has 4 nitrogen and oxygen atoms in total. The minimum atomic E-state index is -0.329. The van der Waals surface area contributed by atoms with Crippen LogP contribution < -0.4 is 11.1 Å². The highest BCUT2D eigenvalue weighted by molar-refractivity contribution is 6.06. The summed E-state index contributed by atoms with van der Waals surface area (Å²) in [7, 11) is 0. The van der Waals surface area contributed by atoms with E-state index in [1.165, 1.54) is 6.07 Å². The molecule has 0 radical (unpaired) electrons. The van der Waals surface area contributed by atoms with Crippen LogP contribution >= 0.6 is 0 Å². The Labute approximate surface area is 111 Å². The SMILES string of the molecule is NCCc1ccc(NC(=O)c2ccccc2O)cc1. The molecule has 4 heteroatoms. The first-order valence-corrected chi connectivity index (χ1v) is 6.09. The van der Waals surface area contributed by atoms with Crippen molar-refractivity contribution < 1.29 is 9.90 Å². The summed E-state index contributed by atoms with van der Waals surface area (Å²) >= 11 is 0. The molecule has 0 aliphatic carbocycles. The van der Waals surface area contributed by atoms with Gasteiger partial charge in [-0.05, 0) is 42.8 Å². The normalized spacial score (nSPS) is 10.2. The molecule has 0 fully saturated rings. The molecule has 19 heavy (non-hydrogen) atoms. The van der Waals surface area contributed by atoms with E-state index in [1.807, 2.05) is 24.3 Å². The second-order valence-electron chi connectivity index (χ2n) is 4.21. The second-order valence-corrected chi connectivity index (χ2v) is 4.21. The number of amides is 1. The Kier molecular flexibility index (Phi) is 4.15. The lowest BCUT2D eigenvalue weighted by Gasteiger charge is -2.07. The second kappa shape index (κ2) is 6.02. The van der Waals surface area contributed by atoms with Crippen molar-refractivity contribution in [1.82, 2.24) is 0 Å². The third-order valence-electron chi connectivity index (χ3n) is 2.79. The Bertz CT molecular complexity index is 565. The van der Waals surface area contributed by atoms with E-state index in [2.05, 4.69) is 5.32 Å². The lowest BCUT2D eigenvalue weighted by atomic mass is 10.1. The molecule has 0 unspecified atom stereocenters. The summed E-state index contributed by atoms with van der Waals surface area (Å²) in [5.74, 6) is -0.357. The van der Waals surface area contributed by atoms with Crippen LogP contribution in [0.1, 0.15) is 15.9 Å². The number of carbonyl (C=O) groups is 1. The monoisotopic (exact) mass is 256 g/mol. The number of phenols is 1. The van der Waals surface area contributed by atoms with Gasteiger partial charge in [-0.3, -0.25) is 4.79 Å². The molecule has 2 rings (SSSR count). The summed E-state index contributed by atoms with van der Waals surface area (Å²) in [4.78, 5) is 12.0. The summed E-state index contributed by atoms with van der Waals surface area (Å²) in [6.45, 7) is 0.601. The van der Waals surface area contributed by atoms with Gasteiger partial charge in [-0.25, -0.2) is 0 Å². The molecule has 0 aliphatic rings. The van der Waals surface area contributed by atoms with Crippen molar-refractivity contribution in [3.05, 3.63) is 59.7 Å². The number of nitrogens with two attached hydrogens (primary N) is 1. The van der Waals surface area contributed by atoms with Gasteiger partial charge < -0.3 is 16.2 Å². The van der Waals surface area contributed by atoms with Gasteiger partial charge in [0.2, 0.25) is 0 Å². The van der Waals surface area contributed by atoms with Gasteiger partial charge in [0.05, 0.1) is 5.56 Å². The zero-order valence-corrected chi connectivity index (χ0v) is 10.5. The van der Waals surface area contributed by atoms with E-state index >= 15 is 0 Å². The maximum atomic E-state index is 12.0. The van der Waals surface area contributed by atoms with Crippen LogP contribution in [0, 0.1) is 0 Å². The maximum absolute atomic E-state index is 12.0. The average Bonchev–Trinajstić information content (AvgIpc) is 2.42. The number of benzene rings is 2. The molecule has 0 saturated heterocycles. The number of para-hydroxylation sites is 1. The van der Waals surface area contributed by atoms with Crippen LogP contribution in [0.25, 0.3) is 0 Å². The summed E-state index contributed by atoms with van der Waals surface area (Å²) in [6.07, 6.45) is 0.813. The predicted octanol–water partition coefficient (Wildman–Crippen LogP) is 2.15. The summed E-state index contributed by atoms with van der Waals surface area (Å²) in [5.41, 5.74) is 7.55. The minimum Gasteiger partial charge on any atom is -0.507 e. The highest BCUT2D eigenvalue weighted by Crippen LogP contribution is 2.18. The summed E-state index contributed by atoms with van der Waals surface area (Å²) in [5, 5.41) is 12.3. The Morgan fingerprint density at radius 3 is 2.42 bits per heavy atom. The number of anilines is 1. The van der Waals surface area contributed by atoms with Crippen LogP contribution in [0.5, 0.6) is 5.75 Å². The van der Waals surface area contributed by atoms with E-state index in [4.69, 9.17) is 5.73 Å². The van der Waals surface area contributed by atoms with Crippen molar-refractivity contribution in [3.63, 3.8) is 0 Å². The number of hydrogen-bond acceptors (Lipinski definition) is 3. The fraction of sp³-hybridized carbons (Fsp3) is 0.133. The first kappa shape index (κ1) is 13.1.